The number of hydrogen-bond donors (Lipinski definition) is 1. The van der Waals surface area contributed by atoms with Crippen LogP contribution in [0.4, 0.5) is 8.78 Å². The summed E-state index contributed by atoms with van der Waals surface area (Å²) in [5, 5.41) is 0. The molecule has 1 aliphatic carbocycles. The molecule has 1 aliphatic rings. The van der Waals surface area contributed by atoms with Gasteiger partial charge in [-0.1, -0.05) is 30.3 Å². The fourth-order valence-corrected chi connectivity index (χ4v) is 3.61. The van der Waals surface area contributed by atoms with E-state index in [4.69, 9.17) is 0 Å². The van der Waals surface area contributed by atoms with Gasteiger partial charge in [0.2, 0.25) is 10.0 Å². The van der Waals surface area contributed by atoms with Gasteiger partial charge in [-0.2, -0.15) is 0 Å². The summed E-state index contributed by atoms with van der Waals surface area (Å²) in [6.45, 7) is 0.248. The van der Waals surface area contributed by atoms with Crippen LogP contribution in [0.3, 0.4) is 0 Å². The topological polar surface area (TPSA) is 46.2 Å². The summed E-state index contributed by atoms with van der Waals surface area (Å²) in [6, 6.07) is 12.2. The molecule has 3 nitrogen and oxygen atoms in total. The third kappa shape index (κ3) is 2.89. The minimum absolute atomic E-state index is 0.188. The lowest BCUT2D eigenvalue weighted by atomic mass is 9.96. The van der Waals surface area contributed by atoms with Crippen molar-refractivity contribution in [3.8, 4) is 0 Å². The van der Waals surface area contributed by atoms with E-state index in [0.717, 1.165) is 30.5 Å². The summed E-state index contributed by atoms with van der Waals surface area (Å²) in [6.07, 6.45) is 1.80. The molecule has 1 fully saturated rings. The minimum atomic E-state index is -3.86. The third-order valence-corrected chi connectivity index (χ3v) is 5.44. The smallest absolute Gasteiger partial charge is 0.210 e. The summed E-state index contributed by atoms with van der Waals surface area (Å²) >= 11 is 0. The van der Waals surface area contributed by atoms with Crippen LogP contribution >= 0.6 is 0 Å². The molecule has 0 aromatic heterocycles. The van der Waals surface area contributed by atoms with Crippen LogP contribution in [0.1, 0.15) is 18.4 Å². The summed E-state index contributed by atoms with van der Waals surface area (Å²) in [5.41, 5.74) is 0.899. The first-order chi connectivity index (χ1) is 10.4. The highest BCUT2D eigenvalue weighted by Crippen LogP contribution is 2.47. The molecule has 0 saturated heterocycles. The van der Waals surface area contributed by atoms with Crippen LogP contribution in [0, 0.1) is 11.6 Å². The van der Waals surface area contributed by atoms with Gasteiger partial charge in [0.25, 0.3) is 0 Å². The Hall–Kier alpha value is -1.79. The lowest BCUT2D eigenvalue weighted by molar-refractivity contribution is 0.503. The van der Waals surface area contributed by atoms with Gasteiger partial charge in [-0.15, -0.1) is 0 Å². The average Bonchev–Trinajstić information content (AvgIpc) is 3.30. The normalized spacial score (nSPS) is 16.5. The number of nitrogens with one attached hydrogen (secondary N) is 1. The van der Waals surface area contributed by atoms with Crippen LogP contribution in [0.2, 0.25) is 0 Å². The maximum Gasteiger partial charge on any atom is 0.240 e. The van der Waals surface area contributed by atoms with Gasteiger partial charge in [-0.3, -0.25) is 0 Å². The van der Waals surface area contributed by atoms with Crippen molar-refractivity contribution in [1.82, 2.24) is 4.72 Å². The zero-order valence-electron chi connectivity index (χ0n) is 11.7. The molecule has 116 valence electrons. The Balaban J connectivity index is 1.77. The van der Waals surface area contributed by atoms with Crippen molar-refractivity contribution < 1.29 is 17.2 Å². The van der Waals surface area contributed by atoms with Crippen molar-refractivity contribution >= 4 is 10.0 Å². The molecule has 0 unspecified atom stereocenters. The molecule has 2 aromatic rings. The monoisotopic (exact) mass is 323 g/mol. The Bertz CT molecular complexity index is 787. The SMILES string of the molecule is O=S(=O)(NCC1(c2ccccc2)CC1)c1ccc(F)c(F)c1. The lowest BCUT2D eigenvalue weighted by Gasteiger charge is -2.16. The fraction of sp³-hybridized carbons (Fsp3) is 0.250. The second-order valence-electron chi connectivity index (χ2n) is 5.55. The summed E-state index contributed by atoms with van der Waals surface area (Å²) < 4.78 is 53.0. The number of hydrogen-bond acceptors (Lipinski definition) is 2. The van der Waals surface area contributed by atoms with Crippen molar-refractivity contribution in [3.63, 3.8) is 0 Å². The van der Waals surface area contributed by atoms with E-state index >= 15 is 0 Å². The number of rotatable bonds is 5. The van der Waals surface area contributed by atoms with E-state index in [2.05, 4.69) is 4.72 Å². The predicted molar refractivity (Wildman–Crippen MR) is 78.9 cm³/mol. The van der Waals surface area contributed by atoms with Crippen molar-refractivity contribution in [2.75, 3.05) is 6.54 Å². The molecule has 1 saturated carbocycles. The molecule has 22 heavy (non-hydrogen) atoms. The van der Waals surface area contributed by atoms with Crippen LogP contribution in [-0.4, -0.2) is 15.0 Å². The zero-order chi connectivity index (χ0) is 15.8. The highest BCUT2D eigenvalue weighted by molar-refractivity contribution is 7.89. The summed E-state index contributed by atoms with van der Waals surface area (Å²) in [5.74, 6) is -2.24. The molecular formula is C16H15F2NO2S. The Labute approximate surface area is 128 Å². The van der Waals surface area contributed by atoms with Gasteiger partial charge in [-0.25, -0.2) is 21.9 Å². The van der Waals surface area contributed by atoms with Crippen LogP contribution in [0.25, 0.3) is 0 Å². The van der Waals surface area contributed by atoms with Gasteiger partial charge >= 0.3 is 0 Å². The molecule has 0 atom stereocenters. The predicted octanol–water partition coefficient (Wildman–Crippen LogP) is 2.97. The fourth-order valence-electron chi connectivity index (χ4n) is 2.47. The van der Waals surface area contributed by atoms with Gasteiger partial charge in [-0.05, 0) is 36.6 Å². The minimum Gasteiger partial charge on any atom is -0.210 e. The molecule has 0 radical (unpaired) electrons. The van der Waals surface area contributed by atoms with Crippen LogP contribution in [0.5, 0.6) is 0 Å². The first-order valence-electron chi connectivity index (χ1n) is 6.93. The Kier molecular flexibility index (Phi) is 3.74. The third-order valence-electron chi connectivity index (χ3n) is 4.04. The first-order valence-corrected chi connectivity index (χ1v) is 8.42. The molecular weight excluding hydrogens is 308 g/mol. The Morgan fingerprint density at radius 1 is 1.00 bits per heavy atom. The van der Waals surface area contributed by atoms with Crippen molar-refractivity contribution in [1.29, 1.82) is 0 Å². The lowest BCUT2D eigenvalue weighted by Crippen LogP contribution is -2.32. The average molecular weight is 323 g/mol. The maximum absolute atomic E-state index is 13.2. The first kappa shape index (κ1) is 15.1. The molecule has 0 spiro atoms. The van der Waals surface area contributed by atoms with E-state index < -0.39 is 21.7 Å². The van der Waals surface area contributed by atoms with E-state index in [1.54, 1.807) is 0 Å². The molecule has 0 aliphatic heterocycles. The molecule has 6 heteroatoms. The van der Waals surface area contributed by atoms with Crippen LogP contribution in [0.15, 0.2) is 53.4 Å². The second-order valence-corrected chi connectivity index (χ2v) is 7.31. The van der Waals surface area contributed by atoms with E-state index in [1.807, 2.05) is 30.3 Å². The summed E-state index contributed by atoms with van der Waals surface area (Å²) in [4.78, 5) is -0.268. The van der Waals surface area contributed by atoms with Crippen LogP contribution < -0.4 is 4.72 Å². The molecule has 1 N–H and O–H groups in total. The van der Waals surface area contributed by atoms with Crippen molar-refractivity contribution in [2.45, 2.75) is 23.2 Å². The largest absolute Gasteiger partial charge is 0.240 e. The number of sulfonamides is 1. The van der Waals surface area contributed by atoms with Crippen LogP contribution in [-0.2, 0) is 15.4 Å². The maximum atomic E-state index is 13.2. The quantitative estimate of drug-likeness (QED) is 0.919. The standard InChI is InChI=1S/C16H15F2NO2S/c17-14-7-6-13(10-15(14)18)22(20,21)19-11-16(8-9-16)12-4-2-1-3-5-12/h1-7,10,19H,8-9,11H2. The van der Waals surface area contributed by atoms with E-state index in [1.165, 1.54) is 0 Å². The highest BCUT2D eigenvalue weighted by Gasteiger charge is 2.44. The molecule has 0 amide bonds. The molecule has 0 bridgehead atoms. The number of halogens is 2. The molecule has 0 heterocycles. The second kappa shape index (κ2) is 5.44. The molecule has 3 rings (SSSR count). The summed E-state index contributed by atoms with van der Waals surface area (Å²) in [7, 11) is -3.86. The Morgan fingerprint density at radius 3 is 2.27 bits per heavy atom. The highest BCUT2D eigenvalue weighted by atomic mass is 32.2. The van der Waals surface area contributed by atoms with Crippen molar-refractivity contribution in [3.05, 3.63) is 65.7 Å². The van der Waals surface area contributed by atoms with Gasteiger partial charge in [0.1, 0.15) is 0 Å². The zero-order valence-corrected chi connectivity index (χ0v) is 12.5. The van der Waals surface area contributed by atoms with E-state index in [-0.39, 0.29) is 16.9 Å². The van der Waals surface area contributed by atoms with E-state index in [9.17, 15) is 17.2 Å². The van der Waals surface area contributed by atoms with Gasteiger partial charge in [0, 0.05) is 12.0 Å². The van der Waals surface area contributed by atoms with Gasteiger partial charge < -0.3 is 0 Å². The number of benzene rings is 2. The Morgan fingerprint density at radius 2 is 1.68 bits per heavy atom. The molecule has 2 aromatic carbocycles. The van der Waals surface area contributed by atoms with E-state index in [0.29, 0.717) is 6.07 Å². The van der Waals surface area contributed by atoms with Crippen molar-refractivity contribution in [2.24, 2.45) is 0 Å². The van der Waals surface area contributed by atoms with Gasteiger partial charge in [0.15, 0.2) is 11.6 Å². The van der Waals surface area contributed by atoms with Gasteiger partial charge in [0.05, 0.1) is 4.90 Å².